The van der Waals surface area contributed by atoms with Gasteiger partial charge in [0.15, 0.2) is 0 Å². The standard InChI is InChI=1S/C14H20.C13H18O/c1-12-7-6-10-14(2,11-12)13-8-4-3-5-9-13;1-11-6-5-9-13(14,10-11)12-7-3-2-4-8-12/h3-5,8-9,12H,6-7,10-11H2,1-2H3;2-4,7-8,11,14H,5-6,9-10H2,1H3. The molecule has 0 radical (unpaired) electrons. The first-order chi connectivity index (χ1) is 13.4. The third-order valence-corrected chi connectivity index (χ3v) is 6.98. The lowest BCUT2D eigenvalue weighted by Crippen LogP contribution is -2.31. The first-order valence-corrected chi connectivity index (χ1v) is 11.2. The second kappa shape index (κ2) is 9.27. The minimum absolute atomic E-state index is 0.443. The number of aliphatic hydroxyl groups is 1. The highest BCUT2D eigenvalue weighted by atomic mass is 16.3. The smallest absolute Gasteiger partial charge is 0.0899 e. The summed E-state index contributed by atoms with van der Waals surface area (Å²) in [5.41, 5.74) is 2.51. The van der Waals surface area contributed by atoms with E-state index in [1.807, 2.05) is 30.3 Å². The molecule has 0 aromatic heterocycles. The van der Waals surface area contributed by atoms with Gasteiger partial charge in [0.2, 0.25) is 0 Å². The number of rotatable bonds is 2. The molecule has 0 spiro atoms. The predicted molar refractivity (Wildman–Crippen MR) is 119 cm³/mol. The zero-order chi connectivity index (χ0) is 20.0. The first-order valence-electron chi connectivity index (χ1n) is 11.2. The van der Waals surface area contributed by atoms with Crippen molar-refractivity contribution in [1.29, 1.82) is 0 Å². The molecule has 152 valence electrons. The molecule has 1 nitrogen and oxygen atoms in total. The molecule has 28 heavy (non-hydrogen) atoms. The van der Waals surface area contributed by atoms with Crippen molar-refractivity contribution in [3.8, 4) is 0 Å². The van der Waals surface area contributed by atoms with Crippen molar-refractivity contribution >= 4 is 0 Å². The fraction of sp³-hybridized carbons (Fsp3) is 0.556. The van der Waals surface area contributed by atoms with Gasteiger partial charge in [-0.05, 0) is 60.5 Å². The summed E-state index contributed by atoms with van der Waals surface area (Å²) in [5.74, 6) is 1.54. The molecule has 0 bridgehead atoms. The van der Waals surface area contributed by atoms with Crippen LogP contribution >= 0.6 is 0 Å². The largest absolute Gasteiger partial charge is 0.385 e. The topological polar surface area (TPSA) is 20.2 Å². The zero-order valence-electron chi connectivity index (χ0n) is 18.0. The molecule has 0 amide bonds. The first kappa shape index (κ1) is 21.1. The maximum atomic E-state index is 10.5. The van der Waals surface area contributed by atoms with E-state index in [1.165, 1.54) is 37.7 Å². The van der Waals surface area contributed by atoms with Gasteiger partial charge in [0, 0.05) is 0 Å². The summed E-state index contributed by atoms with van der Waals surface area (Å²) < 4.78 is 0. The third-order valence-electron chi connectivity index (χ3n) is 6.98. The summed E-state index contributed by atoms with van der Waals surface area (Å²) in [5, 5.41) is 10.5. The Morgan fingerprint density at radius 3 is 1.75 bits per heavy atom. The molecule has 2 aromatic carbocycles. The van der Waals surface area contributed by atoms with E-state index >= 15 is 0 Å². The van der Waals surface area contributed by atoms with Crippen molar-refractivity contribution in [1.82, 2.24) is 0 Å². The van der Waals surface area contributed by atoms with Crippen molar-refractivity contribution in [2.75, 3.05) is 0 Å². The lowest BCUT2D eigenvalue weighted by Gasteiger charge is -2.37. The molecule has 4 rings (SSSR count). The van der Waals surface area contributed by atoms with Crippen LogP contribution in [0.15, 0.2) is 60.7 Å². The molecule has 4 unspecified atom stereocenters. The summed E-state index contributed by atoms with van der Waals surface area (Å²) in [4.78, 5) is 0. The molecule has 2 aliphatic carbocycles. The van der Waals surface area contributed by atoms with Crippen LogP contribution in [0, 0.1) is 11.8 Å². The fourth-order valence-corrected chi connectivity index (χ4v) is 5.45. The molecular formula is C27H38O. The summed E-state index contributed by atoms with van der Waals surface area (Å²) in [7, 11) is 0. The number of hydrogen-bond donors (Lipinski definition) is 1. The van der Waals surface area contributed by atoms with E-state index in [-0.39, 0.29) is 0 Å². The average Bonchev–Trinajstić information content (AvgIpc) is 2.70. The molecule has 1 N–H and O–H groups in total. The molecule has 0 aliphatic heterocycles. The van der Waals surface area contributed by atoms with E-state index in [1.54, 1.807) is 0 Å². The Kier molecular flexibility index (Phi) is 6.99. The zero-order valence-corrected chi connectivity index (χ0v) is 18.0. The van der Waals surface area contributed by atoms with E-state index in [2.05, 4.69) is 51.1 Å². The Morgan fingerprint density at radius 2 is 1.21 bits per heavy atom. The van der Waals surface area contributed by atoms with Gasteiger partial charge >= 0.3 is 0 Å². The van der Waals surface area contributed by atoms with E-state index in [4.69, 9.17) is 0 Å². The van der Waals surface area contributed by atoms with Crippen LogP contribution in [-0.2, 0) is 11.0 Å². The van der Waals surface area contributed by atoms with Gasteiger partial charge in [-0.25, -0.2) is 0 Å². The van der Waals surface area contributed by atoms with Crippen LogP contribution in [0.25, 0.3) is 0 Å². The molecule has 0 heterocycles. The molecular weight excluding hydrogens is 340 g/mol. The second-order valence-corrected chi connectivity index (χ2v) is 9.73. The van der Waals surface area contributed by atoms with Gasteiger partial charge in [-0.15, -0.1) is 0 Å². The van der Waals surface area contributed by atoms with Gasteiger partial charge in [0.1, 0.15) is 0 Å². The maximum Gasteiger partial charge on any atom is 0.0899 e. The van der Waals surface area contributed by atoms with Crippen LogP contribution in [-0.4, -0.2) is 5.11 Å². The lowest BCUT2D eigenvalue weighted by molar-refractivity contribution is -0.0178. The Labute approximate surface area is 172 Å². The van der Waals surface area contributed by atoms with Gasteiger partial charge in [-0.3, -0.25) is 0 Å². The number of benzene rings is 2. The average molecular weight is 379 g/mol. The summed E-state index contributed by atoms with van der Waals surface area (Å²) >= 11 is 0. The molecule has 2 fully saturated rings. The van der Waals surface area contributed by atoms with Crippen molar-refractivity contribution in [2.45, 2.75) is 83.2 Å². The van der Waals surface area contributed by atoms with Crippen LogP contribution < -0.4 is 0 Å². The van der Waals surface area contributed by atoms with Crippen molar-refractivity contribution < 1.29 is 5.11 Å². The second-order valence-electron chi connectivity index (χ2n) is 9.73. The minimum atomic E-state index is -0.557. The van der Waals surface area contributed by atoms with Gasteiger partial charge in [0.05, 0.1) is 5.60 Å². The van der Waals surface area contributed by atoms with Crippen LogP contribution in [0.5, 0.6) is 0 Å². The maximum absolute atomic E-state index is 10.5. The normalized spacial score (nSPS) is 32.9. The summed E-state index contributed by atoms with van der Waals surface area (Å²) in [6.45, 7) is 7.05. The predicted octanol–water partition coefficient (Wildman–Crippen LogP) is 7.24. The van der Waals surface area contributed by atoms with Crippen molar-refractivity contribution in [3.05, 3.63) is 71.8 Å². The van der Waals surface area contributed by atoms with E-state index in [0.29, 0.717) is 11.3 Å². The van der Waals surface area contributed by atoms with Crippen LogP contribution in [0.4, 0.5) is 0 Å². The SMILES string of the molecule is CC1CCCC(C)(c2ccccc2)C1.CC1CCCC(O)(c2ccccc2)C1. The van der Waals surface area contributed by atoms with Gasteiger partial charge in [-0.1, -0.05) is 101 Å². The van der Waals surface area contributed by atoms with Gasteiger partial charge in [-0.2, -0.15) is 0 Å². The van der Waals surface area contributed by atoms with Crippen LogP contribution in [0.2, 0.25) is 0 Å². The molecule has 4 atom stereocenters. The minimum Gasteiger partial charge on any atom is -0.385 e. The Balaban J connectivity index is 0.000000161. The quantitative estimate of drug-likeness (QED) is 0.584. The fourth-order valence-electron chi connectivity index (χ4n) is 5.45. The summed E-state index contributed by atoms with van der Waals surface area (Å²) in [6.07, 6.45) is 9.77. The van der Waals surface area contributed by atoms with Crippen molar-refractivity contribution in [2.24, 2.45) is 11.8 Å². The van der Waals surface area contributed by atoms with Crippen LogP contribution in [0.1, 0.15) is 83.3 Å². The van der Waals surface area contributed by atoms with E-state index < -0.39 is 5.60 Å². The lowest BCUT2D eigenvalue weighted by atomic mass is 9.68. The van der Waals surface area contributed by atoms with E-state index in [0.717, 1.165) is 30.7 Å². The van der Waals surface area contributed by atoms with Gasteiger partial charge < -0.3 is 5.11 Å². The Morgan fingerprint density at radius 1 is 0.714 bits per heavy atom. The monoisotopic (exact) mass is 378 g/mol. The van der Waals surface area contributed by atoms with E-state index in [9.17, 15) is 5.11 Å². The highest BCUT2D eigenvalue weighted by Crippen LogP contribution is 2.41. The highest BCUT2D eigenvalue weighted by Gasteiger charge is 2.34. The molecule has 2 aliphatic rings. The Bertz CT molecular complexity index is 646. The highest BCUT2D eigenvalue weighted by molar-refractivity contribution is 5.25. The molecule has 0 saturated heterocycles. The van der Waals surface area contributed by atoms with Gasteiger partial charge in [0.25, 0.3) is 0 Å². The Hall–Kier alpha value is -1.60. The molecule has 1 heteroatoms. The number of hydrogen-bond acceptors (Lipinski definition) is 1. The van der Waals surface area contributed by atoms with Crippen molar-refractivity contribution in [3.63, 3.8) is 0 Å². The summed E-state index contributed by atoms with van der Waals surface area (Å²) in [6, 6.07) is 21.1. The molecule has 2 saturated carbocycles. The van der Waals surface area contributed by atoms with Crippen LogP contribution in [0.3, 0.4) is 0 Å². The third kappa shape index (κ3) is 5.26. The molecule has 2 aromatic rings.